The summed E-state index contributed by atoms with van der Waals surface area (Å²) in [6.45, 7) is 0. The second kappa shape index (κ2) is 4.79. The fourth-order valence-corrected chi connectivity index (χ4v) is 3.01. The largest absolute Gasteiger partial charge is 0.478 e. The molecule has 0 amide bonds. The van der Waals surface area contributed by atoms with Crippen LogP contribution < -0.4 is 0 Å². The van der Waals surface area contributed by atoms with E-state index in [1.807, 2.05) is 11.6 Å². The minimum Gasteiger partial charge on any atom is -0.478 e. The molecule has 1 aliphatic rings. The zero-order valence-electron chi connectivity index (χ0n) is 11.6. The van der Waals surface area contributed by atoms with Gasteiger partial charge in [0, 0.05) is 25.8 Å². The van der Waals surface area contributed by atoms with Crippen LogP contribution in [0.4, 0.5) is 8.78 Å². The lowest BCUT2D eigenvalue weighted by Crippen LogP contribution is -2.24. The first kappa shape index (κ1) is 14.0. The molecule has 0 atom stereocenters. The number of carbonyl (C=O) groups is 1. The maximum absolute atomic E-state index is 13.2. The molecule has 1 aliphatic carbocycles. The maximum Gasteiger partial charge on any atom is 0.335 e. The number of alkyl halides is 2. The Morgan fingerprint density at radius 2 is 2.05 bits per heavy atom. The second-order valence-corrected chi connectivity index (χ2v) is 5.67. The maximum atomic E-state index is 13.2. The first-order chi connectivity index (χ1) is 9.87. The van der Waals surface area contributed by atoms with Crippen molar-refractivity contribution in [3.05, 3.63) is 29.6 Å². The van der Waals surface area contributed by atoms with Gasteiger partial charge in [-0.15, -0.1) is 0 Å². The fraction of sp³-hybridized carbons (Fsp3) is 0.467. The SMILES string of the molecule is Cn1c(C2CCC(F)(F)CC2)nc2cc(C(=O)O)ccc21. The Bertz CT molecular complexity index is 699. The molecule has 1 heterocycles. The smallest absolute Gasteiger partial charge is 0.335 e. The number of carboxylic acids is 1. The number of hydrogen-bond acceptors (Lipinski definition) is 2. The molecule has 0 bridgehead atoms. The van der Waals surface area contributed by atoms with Gasteiger partial charge in [-0.1, -0.05) is 0 Å². The Balaban J connectivity index is 1.96. The summed E-state index contributed by atoms with van der Waals surface area (Å²) in [5.74, 6) is -2.78. The molecular formula is C15H16F2N2O2. The minimum absolute atomic E-state index is 0.00954. The Morgan fingerprint density at radius 1 is 1.38 bits per heavy atom. The van der Waals surface area contributed by atoms with Crippen molar-refractivity contribution in [2.45, 2.75) is 37.5 Å². The zero-order chi connectivity index (χ0) is 15.2. The summed E-state index contributed by atoms with van der Waals surface area (Å²) < 4.78 is 28.4. The van der Waals surface area contributed by atoms with E-state index < -0.39 is 11.9 Å². The van der Waals surface area contributed by atoms with Gasteiger partial charge in [0.15, 0.2) is 0 Å². The normalized spacial score (nSPS) is 19.0. The van der Waals surface area contributed by atoms with Crippen LogP contribution in [0.2, 0.25) is 0 Å². The van der Waals surface area contributed by atoms with Gasteiger partial charge in [0.1, 0.15) is 5.82 Å². The first-order valence-electron chi connectivity index (χ1n) is 6.95. The lowest BCUT2D eigenvalue weighted by molar-refractivity contribution is -0.0389. The number of rotatable bonds is 2. The molecular weight excluding hydrogens is 278 g/mol. The molecule has 112 valence electrons. The van der Waals surface area contributed by atoms with E-state index in [2.05, 4.69) is 4.98 Å². The molecule has 1 N–H and O–H groups in total. The molecule has 1 aromatic heterocycles. The summed E-state index contributed by atoms with van der Waals surface area (Å²) in [6.07, 6.45) is 0.606. The number of benzene rings is 1. The van der Waals surface area contributed by atoms with Crippen LogP contribution in [-0.4, -0.2) is 26.5 Å². The highest BCUT2D eigenvalue weighted by Crippen LogP contribution is 2.41. The Morgan fingerprint density at radius 3 is 2.67 bits per heavy atom. The number of aromatic nitrogens is 2. The highest BCUT2D eigenvalue weighted by atomic mass is 19.3. The second-order valence-electron chi connectivity index (χ2n) is 5.67. The van der Waals surface area contributed by atoms with Gasteiger partial charge in [0.05, 0.1) is 16.6 Å². The molecule has 0 unspecified atom stereocenters. The van der Waals surface area contributed by atoms with Crippen molar-refractivity contribution in [2.24, 2.45) is 7.05 Å². The third-order valence-electron chi connectivity index (χ3n) is 4.24. The Hall–Kier alpha value is -1.98. The Kier molecular flexibility index (Phi) is 3.19. The zero-order valence-corrected chi connectivity index (χ0v) is 11.6. The van der Waals surface area contributed by atoms with E-state index in [1.165, 1.54) is 12.1 Å². The topological polar surface area (TPSA) is 55.1 Å². The average Bonchev–Trinajstić information content (AvgIpc) is 2.76. The number of carboxylic acid groups (broad SMARTS) is 1. The first-order valence-corrected chi connectivity index (χ1v) is 6.95. The fourth-order valence-electron chi connectivity index (χ4n) is 3.01. The van der Waals surface area contributed by atoms with Crippen molar-refractivity contribution in [1.29, 1.82) is 0 Å². The summed E-state index contributed by atoms with van der Waals surface area (Å²) in [7, 11) is 1.85. The van der Waals surface area contributed by atoms with Crippen LogP contribution in [-0.2, 0) is 7.05 Å². The number of imidazole rings is 1. The van der Waals surface area contributed by atoms with E-state index in [4.69, 9.17) is 5.11 Å². The predicted molar refractivity (Wildman–Crippen MR) is 73.8 cm³/mol. The number of aromatic carboxylic acids is 1. The molecule has 0 saturated heterocycles. The highest BCUT2D eigenvalue weighted by molar-refractivity contribution is 5.92. The van der Waals surface area contributed by atoms with Gasteiger partial charge < -0.3 is 9.67 Å². The van der Waals surface area contributed by atoms with Crippen molar-refractivity contribution in [1.82, 2.24) is 9.55 Å². The number of aryl methyl sites for hydroxylation is 1. The van der Waals surface area contributed by atoms with Crippen LogP contribution in [0.1, 0.15) is 47.8 Å². The van der Waals surface area contributed by atoms with Gasteiger partial charge in [-0.05, 0) is 31.0 Å². The van der Waals surface area contributed by atoms with Crippen molar-refractivity contribution in [3.8, 4) is 0 Å². The van der Waals surface area contributed by atoms with Gasteiger partial charge in [-0.2, -0.15) is 0 Å². The minimum atomic E-state index is -2.56. The van der Waals surface area contributed by atoms with Crippen molar-refractivity contribution < 1.29 is 18.7 Å². The third-order valence-corrected chi connectivity index (χ3v) is 4.24. The Labute approximate surface area is 120 Å². The van der Waals surface area contributed by atoms with Crippen LogP contribution in [0, 0.1) is 0 Å². The van der Waals surface area contributed by atoms with Crippen LogP contribution in [0.25, 0.3) is 11.0 Å². The molecule has 2 aromatic rings. The summed E-state index contributed by atoms with van der Waals surface area (Å²) in [6, 6.07) is 4.77. The van der Waals surface area contributed by atoms with Gasteiger partial charge in [0.25, 0.3) is 0 Å². The highest BCUT2D eigenvalue weighted by Gasteiger charge is 2.36. The van der Waals surface area contributed by atoms with Crippen molar-refractivity contribution in [3.63, 3.8) is 0 Å². The lowest BCUT2D eigenvalue weighted by atomic mass is 9.86. The molecule has 0 aliphatic heterocycles. The molecule has 4 nitrogen and oxygen atoms in total. The lowest BCUT2D eigenvalue weighted by Gasteiger charge is -2.27. The average molecular weight is 294 g/mol. The van der Waals surface area contributed by atoms with E-state index in [9.17, 15) is 13.6 Å². The van der Waals surface area contributed by atoms with Crippen molar-refractivity contribution >= 4 is 17.0 Å². The van der Waals surface area contributed by atoms with Crippen molar-refractivity contribution in [2.75, 3.05) is 0 Å². The van der Waals surface area contributed by atoms with Crippen LogP contribution in [0.5, 0.6) is 0 Å². The van der Waals surface area contributed by atoms with Gasteiger partial charge in [0.2, 0.25) is 5.92 Å². The molecule has 0 spiro atoms. The van der Waals surface area contributed by atoms with E-state index in [-0.39, 0.29) is 24.3 Å². The summed E-state index contributed by atoms with van der Waals surface area (Å²) in [4.78, 5) is 15.5. The van der Waals surface area contributed by atoms with Crippen LogP contribution in [0.3, 0.4) is 0 Å². The number of fused-ring (bicyclic) bond motifs is 1. The molecule has 3 rings (SSSR count). The van der Waals surface area contributed by atoms with Gasteiger partial charge in [-0.3, -0.25) is 0 Å². The van der Waals surface area contributed by atoms with Crippen LogP contribution in [0.15, 0.2) is 18.2 Å². The van der Waals surface area contributed by atoms with Gasteiger partial charge in [-0.25, -0.2) is 18.6 Å². The van der Waals surface area contributed by atoms with E-state index in [0.29, 0.717) is 18.4 Å². The van der Waals surface area contributed by atoms with E-state index >= 15 is 0 Å². The quantitative estimate of drug-likeness (QED) is 0.921. The monoisotopic (exact) mass is 294 g/mol. The van der Waals surface area contributed by atoms with E-state index in [0.717, 1.165) is 11.3 Å². The summed E-state index contributed by atoms with van der Waals surface area (Å²) in [5.41, 5.74) is 1.61. The van der Waals surface area contributed by atoms with Crippen LogP contribution >= 0.6 is 0 Å². The molecule has 1 aromatic carbocycles. The molecule has 1 fully saturated rings. The number of hydrogen-bond donors (Lipinski definition) is 1. The molecule has 0 radical (unpaired) electrons. The molecule has 6 heteroatoms. The summed E-state index contributed by atoms with van der Waals surface area (Å²) >= 11 is 0. The predicted octanol–water partition coefficient (Wildman–Crippen LogP) is 3.56. The molecule has 1 saturated carbocycles. The third kappa shape index (κ3) is 2.50. The standard InChI is InChI=1S/C15H16F2N2O2/c1-19-12-3-2-10(14(20)21)8-11(12)18-13(19)9-4-6-15(16,17)7-5-9/h2-3,8-9H,4-7H2,1H3,(H,20,21). The van der Waals surface area contributed by atoms with Gasteiger partial charge >= 0.3 is 5.97 Å². The number of nitrogens with zero attached hydrogens (tertiary/aromatic N) is 2. The molecule has 21 heavy (non-hydrogen) atoms. The number of halogens is 2. The summed E-state index contributed by atoms with van der Waals surface area (Å²) in [5, 5.41) is 9.01. The van der Waals surface area contributed by atoms with E-state index in [1.54, 1.807) is 6.07 Å².